The van der Waals surface area contributed by atoms with Crippen LogP contribution in [0.3, 0.4) is 0 Å². The number of carbonyl (C=O) groups is 2. The minimum Gasteiger partial charge on any atom is -0.388 e. The van der Waals surface area contributed by atoms with Crippen LogP contribution in [0.5, 0.6) is 0 Å². The molecule has 0 saturated carbocycles. The van der Waals surface area contributed by atoms with Gasteiger partial charge in [-0.15, -0.1) is 11.3 Å². The summed E-state index contributed by atoms with van der Waals surface area (Å²) in [5.41, 5.74) is 4.95. The molecule has 0 spiro atoms. The van der Waals surface area contributed by atoms with E-state index < -0.39 is 16.1 Å². The number of allylic oxidation sites excluding steroid dienone is 1. The monoisotopic (exact) mass is 467 g/mol. The molecule has 1 heterocycles. The third-order valence-electron chi connectivity index (χ3n) is 5.11. The van der Waals surface area contributed by atoms with Crippen molar-refractivity contribution >= 4 is 56.2 Å². The number of hydrogen-bond donors (Lipinski definition) is 3. The van der Waals surface area contributed by atoms with Crippen molar-refractivity contribution in [3.8, 4) is 0 Å². The normalized spacial score (nSPS) is 12.8. The van der Waals surface area contributed by atoms with E-state index in [0.717, 1.165) is 38.6 Å². The fourth-order valence-corrected chi connectivity index (χ4v) is 5.73. The van der Waals surface area contributed by atoms with Gasteiger partial charge in [-0.25, -0.2) is 17.9 Å². The zero-order chi connectivity index (χ0) is 23.0. The van der Waals surface area contributed by atoms with Gasteiger partial charge in [0.2, 0.25) is 0 Å². The van der Waals surface area contributed by atoms with Crippen molar-refractivity contribution in [1.82, 2.24) is 4.72 Å². The molecule has 0 bridgehead atoms. The molecule has 2 amide bonds. The number of fused-ring (bicyclic) bond motifs is 1. The quantitative estimate of drug-likeness (QED) is 0.507. The zero-order valence-electron chi connectivity index (χ0n) is 17.6. The van der Waals surface area contributed by atoms with Crippen LogP contribution in [0.1, 0.15) is 31.9 Å². The topological polar surface area (TPSA) is 104 Å². The summed E-state index contributed by atoms with van der Waals surface area (Å²) in [7, 11) is -2.11. The number of anilines is 2. The number of urea groups is 1. The lowest BCUT2D eigenvalue weighted by molar-refractivity contribution is 0.105. The number of ketones is 1. The number of rotatable bonds is 5. The minimum atomic E-state index is -3.94. The van der Waals surface area contributed by atoms with Crippen molar-refractivity contribution in [2.45, 2.75) is 18.1 Å². The fraction of sp³-hybridized carbons (Fsp3) is 0.130. The number of carbonyl (C=O) groups excluding carboxylic acids is 2. The number of aryl methyl sites for hydroxylation is 2. The van der Waals surface area contributed by atoms with E-state index in [2.05, 4.69) is 10.6 Å². The Hall–Kier alpha value is -3.43. The molecule has 1 aromatic heterocycles. The molecule has 32 heavy (non-hydrogen) atoms. The Morgan fingerprint density at radius 3 is 2.31 bits per heavy atom. The largest absolute Gasteiger partial charge is 0.388 e. The van der Waals surface area contributed by atoms with E-state index in [-0.39, 0.29) is 9.99 Å². The van der Waals surface area contributed by atoms with E-state index in [9.17, 15) is 18.0 Å². The van der Waals surface area contributed by atoms with Crippen molar-refractivity contribution in [1.29, 1.82) is 0 Å². The molecule has 2 aromatic carbocycles. The van der Waals surface area contributed by atoms with Gasteiger partial charge in [0.1, 0.15) is 4.21 Å². The maximum atomic E-state index is 12.9. The van der Waals surface area contributed by atoms with E-state index >= 15 is 0 Å². The zero-order valence-corrected chi connectivity index (χ0v) is 19.3. The van der Waals surface area contributed by atoms with Crippen LogP contribution in [0.2, 0.25) is 0 Å². The van der Waals surface area contributed by atoms with Gasteiger partial charge in [0, 0.05) is 34.4 Å². The summed E-state index contributed by atoms with van der Waals surface area (Å²) < 4.78 is 26.7. The highest BCUT2D eigenvalue weighted by atomic mass is 32.2. The lowest BCUT2D eigenvalue weighted by Gasteiger charge is -2.11. The number of hydrogen-bond acceptors (Lipinski definition) is 6. The van der Waals surface area contributed by atoms with Crippen LogP contribution in [-0.4, -0.2) is 27.3 Å². The van der Waals surface area contributed by atoms with Gasteiger partial charge in [-0.2, -0.15) is 0 Å². The van der Waals surface area contributed by atoms with Gasteiger partial charge in [0.05, 0.1) is 0 Å². The molecule has 0 radical (unpaired) electrons. The lowest BCUT2D eigenvalue weighted by atomic mass is 9.97. The first-order valence-electron chi connectivity index (χ1n) is 9.77. The average Bonchev–Trinajstić information content (AvgIpc) is 3.31. The predicted octanol–water partition coefficient (Wildman–Crippen LogP) is 4.65. The molecule has 4 rings (SSSR count). The number of amides is 2. The standard InChI is InChI=1S/C23H21N3O4S2/c1-13-10-17(25-23(28)26-32(29,30)21-9-4-14(2)31-21)6-7-18(13)20-12-15-11-16(24-3)5-8-19(15)22(20)27/h4-12,24H,1-3H3,(H2,25,26,28). The van der Waals surface area contributed by atoms with E-state index in [1.54, 1.807) is 37.3 Å². The summed E-state index contributed by atoms with van der Waals surface area (Å²) >= 11 is 1.09. The van der Waals surface area contributed by atoms with Crippen molar-refractivity contribution in [3.05, 3.63) is 75.7 Å². The molecule has 0 unspecified atom stereocenters. The van der Waals surface area contributed by atoms with E-state index in [4.69, 9.17) is 0 Å². The first kappa shape index (κ1) is 21.8. The molecule has 164 valence electrons. The highest BCUT2D eigenvalue weighted by molar-refractivity contribution is 7.92. The third-order valence-corrected chi connectivity index (χ3v) is 7.93. The van der Waals surface area contributed by atoms with Crippen LogP contribution in [0.25, 0.3) is 11.6 Å². The molecular weight excluding hydrogens is 446 g/mol. The molecule has 3 N–H and O–H groups in total. The minimum absolute atomic E-state index is 0.0541. The maximum Gasteiger partial charge on any atom is 0.333 e. The SMILES string of the molecule is CNc1ccc2c(c1)C=C(c1ccc(NC(=O)NS(=O)(=O)c3ccc(C)s3)cc1C)C2=O. The van der Waals surface area contributed by atoms with Crippen molar-refractivity contribution in [2.75, 3.05) is 17.7 Å². The number of thiophene rings is 1. The summed E-state index contributed by atoms with van der Waals surface area (Å²) in [5, 5.41) is 5.60. The van der Waals surface area contributed by atoms with Crippen molar-refractivity contribution < 1.29 is 18.0 Å². The van der Waals surface area contributed by atoms with E-state index in [0.29, 0.717) is 16.8 Å². The second kappa shape index (κ2) is 8.25. The van der Waals surface area contributed by atoms with Crippen LogP contribution in [-0.2, 0) is 10.0 Å². The van der Waals surface area contributed by atoms with Crippen LogP contribution in [0.4, 0.5) is 16.2 Å². The number of benzene rings is 2. The van der Waals surface area contributed by atoms with Gasteiger partial charge in [-0.1, -0.05) is 6.07 Å². The Balaban J connectivity index is 1.51. The summed E-state index contributed by atoms with van der Waals surface area (Å²) in [6.45, 7) is 3.62. The van der Waals surface area contributed by atoms with Crippen molar-refractivity contribution in [3.63, 3.8) is 0 Å². The van der Waals surface area contributed by atoms with Gasteiger partial charge < -0.3 is 10.6 Å². The molecule has 1 aliphatic rings. The molecule has 1 aliphatic carbocycles. The predicted molar refractivity (Wildman–Crippen MR) is 128 cm³/mol. The summed E-state index contributed by atoms with van der Waals surface area (Å²) in [5.74, 6) is -0.0541. The molecule has 3 aromatic rings. The van der Waals surface area contributed by atoms with Gasteiger partial charge in [-0.3, -0.25) is 4.79 Å². The molecule has 0 atom stereocenters. The third kappa shape index (κ3) is 4.17. The Bertz CT molecular complexity index is 1390. The van der Waals surface area contributed by atoms with Crippen LogP contribution in [0, 0.1) is 13.8 Å². The van der Waals surface area contributed by atoms with Gasteiger partial charge in [-0.05, 0) is 79.1 Å². The van der Waals surface area contributed by atoms with Crippen molar-refractivity contribution in [2.24, 2.45) is 0 Å². The summed E-state index contributed by atoms with van der Waals surface area (Å²) in [6.07, 6.45) is 1.86. The Morgan fingerprint density at radius 1 is 0.938 bits per heavy atom. The lowest BCUT2D eigenvalue weighted by Crippen LogP contribution is -2.33. The van der Waals surface area contributed by atoms with Crippen LogP contribution >= 0.6 is 11.3 Å². The van der Waals surface area contributed by atoms with Gasteiger partial charge in [0.15, 0.2) is 5.78 Å². The second-order valence-corrected chi connectivity index (χ2v) is 10.6. The van der Waals surface area contributed by atoms with Gasteiger partial charge in [0.25, 0.3) is 10.0 Å². The van der Waals surface area contributed by atoms with E-state index in [1.165, 1.54) is 6.07 Å². The Morgan fingerprint density at radius 2 is 1.66 bits per heavy atom. The number of Topliss-reactive ketones (excluding diaryl/α,β-unsaturated/α-hetero) is 1. The number of nitrogens with one attached hydrogen (secondary N) is 3. The molecule has 0 fully saturated rings. The molecule has 7 nitrogen and oxygen atoms in total. The van der Waals surface area contributed by atoms with E-state index in [1.807, 2.05) is 36.9 Å². The number of sulfonamides is 1. The first-order chi connectivity index (χ1) is 15.2. The van der Waals surface area contributed by atoms with Crippen LogP contribution < -0.4 is 15.4 Å². The highest BCUT2D eigenvalue weighted by Crippen LogP contribution is 2.35. The maximum absolute atomic E-state index is 12.9. The van der Waals surface area contributed by atoms with Crippen LogP contribution in [0.15, 0.2) is 52.7 Å². The average molecular weight is 468 g/mol. The smallest absolute Gasteiger partial charge is 0.333 e. The summed E-state index contributed by atoms with van der Waals surface area (Å²) in [6, 6.07) is 12.9. The van der Waals surface area contributed by atoms with Gasteiger partial charge >= 0.3 is 6.03 Å². The highest BCUT2D eigenvalue weighted by Gasteiger charge is 2.25. The summed E-state index contributed by atoms with van der Waals surface area (Å²) in [4.78, 5) is 26.0. The Labute approximate surface area is 190 Å². The first-order valence-corrected chi connectivity index (χ1v) is 12.1. The molecule has 0 saturated heterocycles. The molecule has 9 heteroatoms. The second-order valence-electron chi connectivity index (χ2n) is 7.39. The Kier molecular flexibility index (Phi) is 5.62. The molecular formula is C23H21N3O4S2. The fourth-order valence-electron chi connectivity index (χ4n) is 3.54. The molecule has 0 aliphatic heterocycles.